The molecule has 4 aromatic heterocycles. The van der Waals surface area contributed by atoms with Crippen LogP contribution in [0.25, 0.3) is 22.2 Å². The average molecular weight is 493 g/mol. The molecule has 0 bridgehead atoms. The van der Waals surface area contributed by atoms with Gasteiger partial charge in [-0.05, 0) is 34.9 Å². The molecule has 0 saturated carbocycles. The number of pyridine rings is 3. The van der Waals surface area contributed by atoms with Gasteiger partial charge in [-0.3, -0.25) is 4.90 Å². The molecule has 6 rings (SSSR count). The fourth-order valence-corrected chi connectivity index (χ4v) is 5.04. The summed E-state index contributed by atoms with van der Waals surface area (Å²) in [6, 6.07) is 12.6. The number of ether oxygens (including phenoxy) is 1. The maximum atomic E-state index is 9.67. The van der Waals surface area contributed by atoms with Crippen LogP contribution in [-0.4, -0.2) is 70.9 Å². The van der Waals surface area contributed by atoms with E-state index in [1.165, 1.54) is 11.1 Å². The highest BCUT2D eigenvalue weighted by Crippen LogP contribution is 2.31. The normalized spacial score (nSPS) is 16.1. The first-order valence-corrected chi connectivity index (χ1v) is 12.5. The van der Waals surface area contributed by atoms with Crippen LogP contribution in [0.5, 0.6) is 5.88 Å². The Hall–Kier alpha value is -4.26. The zero-order valence-electron chi connectivity index (χ0n) is 20.8. The fraction of sp³-hybridized carbons (Fsp3) is 0.286. The number of hydrogen-bond donors (Lipinski definition) is 1. The highest BCUT2D eigenvalue weighted by Gasteiger charge is 2.20. The van der Waals surface area contributed by atoms with Crippen LogP contribution in [-0.2, 0) is 6.54 Å². The second kappa shape index (κ2) is 10.0. The molecule has 0 unspecified atom stereocenters. The molecule has 9 heteroatoms. The lowest BCUT2D eigenvalue weighted by Gasteiger charge is -2.35. The van der Waals surface area contributed by atoms with Gasteiger partial charge >= 0.3 is 0 Å². The Bertz CT molecular complexity index is 1480. The van der Waals surface area contributed by atoms with Gasteiger partial charge in [-0.15, -0.1) is 0 Å². The van der Waals surface area contributed by atoms with E-state index in [1.54, 1.807) is 13.3 Å². The summed E-state index contributed by atoms with van der Waals surface area (Å²) >= 11 is 0. The molecule has 4 aromatic rings. The average Bonchev–Trinajstić information content (AvgIpc) is 3.64. The summed E-state index contributed by atoms with van der Waals surface area (Å²) in [6.07, 6.45) is 9.63. The van der Waals surface area contributed by atoms with E-state index in [2.05, 4.69) is 61.6 Å². The molecule has 1 N–H and O–H groups in total. The third-order valence-electron chi connectivity index (χ3n) is 7.08. The Kier molecular flexibility index (Phi) is 6.26. The molecule has 9 nitrogen and oxygen atoms in total. The molecule has 2 aliphatic rings. The van der Waals surface area contributed by atoms with Crippen molar-refractivity contribution in [3.8, 4) is 23.1 Å². The van der Waals surface area contributed by atoms with Crippen LogP contribution in [0, 0.1) is 11.3 Å². The van der Waals surface area contributed by atoms with E-state index in [9.17, 15) is 5.26 Å². The van der Waals surface area contributed by atoms with Gasteiger partial charge < -0.3 is 15.0 Å². The SMILES string of the molecule is COc1ccc(CN2CCN(c3ccc(-c4cc(C5=CCNC5)cn5ncc(C#N)c45)cn3)CC2)cn1. The van der Waals surface area contributed by atoms with Crippen molar-refractivity contribution in [1.82, 2.24) is 29.8 Å². The van der Waals surface area contributed by atoms with Crippen molar-refractivity contribution in [2.24, 2.45) is 0 Å². The van der Waals surface area contributed by atoms with Crippen molar-refractivity contribution in [3.63, 3.8) is 0 Å². The predicted octanol–water partition coefficient (Wildman–Crippen LogP) is 2.98. The first-order valence-electron chi connectivity index (χ1n) is 12.5. The van der Waals surface area contributed by atoms with Crippen LogP contribution < -0.4 is 15.0 Å². The summed E-state index contributed by atoms with van der Waals surface area (Å²) in [5, 5.41) is 17.5. The van der Waals surface area contributed by atoms with Crippen molar-refractivity contribution in [2.45, 2.75) is 6.54 Å². The fourth-order valence-electron chi connectivity index (χ4n) is 5.04. The third-order valence-corrected chi connectivity index (χ3v) is 7.08. The van der Waals surface area contributed by atoms with Crippen LogP contribution in [0.15, 0.2) is 61.2 Å². The standard InChI is InChI=1S/C28H28N8O/c1-37-27-5-2-20(14-32-27)18-34-8-10-35(11-9-34)26-4-3-22(16-31-26)25-12-23(21-6-7-30-15-21)19-36-28(25)24(13-29)17-33-36/h2-6,12,14,16-17,19,30H,7-11,15,18H2,1H3. The van der Waals surface area contributed by atoms with E-state index in [0.717, 1.165) is 73.8 Å². The Morgan fingerprint density at radius 3 is 2.59 bits per heavy atom. The van der Waals surface area contributed by atoms with E-state index in [0.29, 0.717) is 11.4 Å². The van der Waals surface area contributed by atoms with Crippen LogP contribution >= 0.6 is 0 Å². The monoisotopic (exact) mass is 492 g/mol. The van der Waals surface area contributed by atoms with Crippen molar-refractivity contribution in [1.29, 1.82) is 5.26 Å². The number of hydrogen-bond acceptors (Lipinski definition) is 8. The zero-order chi connectivity index (χ0) is 25.2. The molecule has 1 fully saturated rings. The molecule has 0 radical (unpaired) electrons. The molecular weight excluding hydrogens is 464 g/mol. The van der Waals surface area contributed by atoms with E-state index in [-0.39, 0.29) is 0 Å². The number of nitriles is 1. The van der Waals surface area contributed by atoms with Gasteiger partial charge in [0, 0.05) is 81.6 Å². The molecule has 0 amide bonds. The van der Waals surface area contributed by atoms with Gasteiger partial charge in [0.15, 0.2) is 0 Å². The molecule has 37 heavy (non-hydrogen) atoms. The van der Waals surface area contributed by atoms with Gasteiger partial charge in [0.1, 0.15) is 11.9 Å². The molecule has 0 aromatic carbocycles. The Morgan fingerprint density at radius 1 is 1.03 bits per heavy atom. The molecule has 186 valence electrons. The maximum absolute atomic E-state index is 9.67. The highest BCUT2D eigenvalue weighted by atomic mass is 16.5. The number of piperazine rings is 1. The van der Waals surface area contributed by atoms with Gasteiger partial charge in [0.2, 0.25) is 5.88 Å². The van der Waals surface area contributed by atoms with E-state index >= 15 is 0 Å². The second-order valence-electron chi connectivity index (χ2n) is 9.34. The minimum atomic E-state index is 0.562. The highest BCUT2D eigenvalue weighted by molar-refractivity contribution is 5.87. The van der Waals surface area contributed by atoms with Gasteiger partial charge in [0.05, 0.1) is 24.4 Å². The molecule has 0 aliphatic carbocycles. The first-order chi connectivity index (χ1) is 18.2. The number of anilines is 1. The molecule has 1 saturated heterocycles. The Labute approximate surface area is 215 Å². The Morgan fingerprint density at radius 2 is 1.92 bits per heavy atom. The summed E-state index contributed by atoms with van der Waals surface area (Å²) in [5.41, 5.74) is 6.85. The Balaban J connectivity index is 1.19. The number of rotatable bonds is 6. The molecule has 0 spiro atoms. The smallest absolute Gasteiger partial charge is 0.212 e. The number of nitrogens with one attached hydrogen (secondary N) is 1. The summed E-state index contributed by atoms with van der Waals surface area (Å²) in [7, 11) is 1.63. The van der Waals surface area contributed by atoms with Crippen molar-refractivity contribution in [2.75, 3.05) is 51.3 Å². The van der Waals surface area contributed by atoms with Crippen LogP contribution in [0.4, 0.5) is 5.82 Å². The lowest BCUT2D eigenvalue weighted by atomic mass is 10.0. The topological polar surface area (TPSA) is 94.6 Å². The van der Waals surface area contributed by atoms with Crippen molar-refractivity contribution in [3.05, 3.63) is 77.9 Å². The molecule has 0 atom stereocenters. The second-order valence-corrected chi connectivity index (χ2v) is 9.34. The van der Waals surface area contributed by atoms with Crippen LogP contribution in [0.2, 0.25) is 0 Å². The van der Waals surface area contributed by atoms with Crippen molar-refractivity contribution >= 4 is 16.9 Å². The molecule has 2 aliphatic heterocycles. The number of nitrogens with zero attached hydrogens (tertiary/aromatic N) is 7. The largest absolute Gasteiger partial charge is 0.481 e. The van der Waals surface area contributed by atoms with Crippen LogP contribution in [0.3, 0.4) is 0 Å². The minimum absolute atomic E-state index is 0.562. The van der Waals surface area contributed by atoms with Crippen molar-refractivity contribution < 1.29 is 4.74 Å². The van der Waals surface area contributed by atoms with Gasteiger partial charge in [-0.25, -0.2) is 14.5 Å². The summed E-state index contributed by atoms with van der Waals surface area (Å²) in [6.45, 7) is 6.32. The van der Waals surface area contributed by atoms with Gasteiger partial charge in [-0.2, -0.15) is 10.4 Å². The van der Waals surface area contributed by atoms with Crippen LogP contribution in [0.1, 0.15) is 16.7 Å². The van der Waals surface area contributed by atoms with E-state index in [1.807, 2.05) is 29.2 Å². The lowest BCUT2D eigenvalue weighted by molar-refractivity contribution is 0.249. The molecule has 6 heterocycles. The summed E-state index contributed by atoms with van der Waals surface area (Å²) in [4.78, 5) is 13.9. The van der Waals surface area contributed by atoms with Gasteiger partial charge in [0.25, 0.3) is 0 Å². The maximum Gasteiger partial charge on any atom is 0.212 e. The summed E-state index contributed by atoms with van der Waals surface area (Å²) < 4.78 is 6.97. The van der Waals surface area contributed by atoms with Gasteiger partial charge in [-0.1, -0.05) is 12.1 Å². The first kappa shape index (κ1) is 23.2. The van der Waals surface area contributed by atoms with E-state index in [4.69, 9.17) is 9.72 Å². The summed E-state index contributed by atoms with van der Waals surface area (Å²) in [5.74, 6) is 1.61. The number of aromatic nitrogens is 4. The number of fused-ring (bicyclic) bond motifs is 1. The minimum Gasteiger partial charge on any atom is -0.481 e. The lowest BCUT2D eigenvalue weighted by Crippen LogP contribution is -2.46. The molecular formula is C28H28N8O. The zero-order valence-corrected chi connectivity index (χ0v) is 20.8. The quantitative estimate of drug-likeness (QED) is 0.439. The third kappa shape index (κ3) is 4.65. The van der Waals surface area contributed by atoms with E-state index < -0.39 is 0 Å². The number of methoxy groups -OCH3 is 1. The predicted molar refractivity (Wildman–Crippen MR) is 142 cm³/mol.